The molecule has 0 saturated heterocycles. The summed E-state index contributed by atoms with van der Waals surface area (Å²) in [4.78, 5) is 33.9. The Balaban J connectivity index is 1.59. The molecule has 0 aliphatic rings. The number of hydrogen-bond donors (Lipinski definition) is 3. The molecule has 0 radical (unpaired) electrons. The van der Waals surface area contributed by atoms with Crippen molar-refractivity contribution < 1.29 is 9.59 Å². The third-order valence-electron chi connectivity index (χ3n) is 5.89. The quantitative estimate of drug-likeness (QED) is 0.370. The third-order valence-corrected chi connectivity index (χ3v) is 5.89. The number of anilines is 2. The van der Waals surface area contributed by atoms with Crippen molar-refractivity contribution in [3.8, 4) is 11.1 Å². The minimum absolute atomic E-state index is 0.267. The molecule has 4 rings (SSSR count). The fraction of sp³-hybridized carbons (Fsp3) is 0.143. The van der Waals surface area contributed by atoms with Crippen LogP contribution in [0.25, 0.3) is 11.1 Å². The average molecular weight is 466 g/mol. The van der Waals surface area contributed by atoms with Gasteiger partial charge in [0.25, 0.3) is 11.8 Å². The van der Waals surface area contributed by atoms with Crippen LogP contribution >= 0.6 is 0 Å². The van der Waals surface area contributed by atoms with Gasteiger partial charge >= 0.3 is 0 Å². The lowest BCUT2D eigenvalue weighted by atomic mass is 9.94. The first-order valence-corrected chi connectivity index (χ1v) is 11.3. The second-order valence-corrected chi connectivity index (χ2v) is 8.34. The van der Waals surface area contributed by atoms with Crippen LogP contribution in [-0.2, 0) is 6.54 Å². The van der Waals surface area contributed by atoms with Gasteiger partial charge in [0.1, 0.15) is 11.4 Å². The normalized spacial score (nSPS) is 10.6. The highest BCUT2D eigenvalue weighted by Crippen LogP contribution is 2.34. The van der Waals surface area contributed by atoms with Crippen LogP contribution in [0.3, 0.4) is 0 Å². The zero-order valence-electron chi connectivity index (χ0n) is 19.9. The number of hydrogen-bond acceptors (Lipinski definition) is 5. The lowest BCUT2D eigenvalue weighted by molar-refractivity contribution is 0.101. The first-order valence-electron chi connectivity index (χ1n) is 11.3. The monoisotopic (exact) mass is 465 g/mol. The van der Waals surface area contributed by atoms with Crippen molar-refractivity contribution in [1.82, 2.24) is 9.97 Å². The van der Waals surface area contributed by atoms with E-state index in [0.717, 1.165) is 33.4 Å². The summed E-state index contributed by atoms with van der Waals surface area (Å²) in [5.41, 5.74) is 13.3. The van der Waals surface area contributed by atoms with Gasteiger partial charge in [-0.25, -0.2) is 0 Å². The van der Waals surface area contributed by atoms with Crippen LogP contribution in [0.4, 0.5) is 11.4 Å². The predicted molar refractivity (Wildman–Crippen MR) is 138 cm³/mol. The van der Waals surface area contributed by atoms with E-state index in [2.05, 4.69) is 20.6 Å². The Bertz CT molecular complexity index is 1380. The standard InChI is InChI=1S/C28H27N5O2/c1-17-10-12-25(30-15-17)27(34)32-23-8-4-6-21(18(23)2)22-7-5-9-24(19(22)3)33-28(35)26-13-11-20(14-29)16-31-26/h4-13,15-16H,14,29H2,1-3H3,(H,32,34)(H,33,35). The predicted octanol–water partition coefficient (Wildman–Crippen LogP) is 5.03. The molecule has 7 nitrogen and oxygen atoms in total. The van der Waals surface area contributed by atoms with E-state index in [-0.39, 0.29) is 11.8 Å². The molecule has 0 unspecified atom stereocenters. The van der Waals surface area contributed by atoms with E-state index in [0.29, 0.717) is 29.3 Å². The molecule has 2 heterocycles. The van der Waals surface area contributed by atoms with Gasteiger partial charge in [0.2, 0.25) is 0 Å². The second kappa shape index (κ2) is 10.3. The number of nitrogens with zero attached hydrogens (tertiary/aromatic N) is 2. The van der Waals surface area contributed by atoms with Crippen LogP contribution in [0, 0.1) is 20.8 Å². The molecule has 7 heteroatoms. The van der Waals surface area contributed by atoms with Crippen molar-refractivity contribution >= 4 is 23.2 Å². The Morgan fingerprint density at radius 2 is 1.23 bits per heavy atom. The van der Waals surface area contributed by atoms with Gasteiger partial charge in [-0.2, -0.15) is 0 Å². The molecule has 2 aromatic heterocycles. The first-order chi connectivity index (χ1) is 16.9. The maximum atomic E-state index is 12.8. The molecule has 176 valence electrons. The molecule has 0 atom stereocenters. The maximum absolute atomic E-state index is 12.8. The van der Waals surface area contributed by atoms with E-state index < -0.39 is 0 Å². The van der Waals surface area contributed by atoms with Crippen molar-refractivity contribution in [3.63, 3.8) is 0 Å². The fourth-order valence-corrected chi connectivity index (χ4v) is 3.78. The molecule has 0 bridgehead atoms. The number of aryl methyl sites for hydroxylation is 1. The lowest BCUT2D eigenvalue weighted by Gasteiger charge is -2.17. The molecule has 0 aliphatic carbocycles. The number of pyridine rings is 2. The molecule has 4 aromatic rings. The average Bonchev–Trinajstić information content (AvgIpc) is 2.87. The summed E-state index contributed by atoms with van der Waals surface area (Å²) in [6, 6.07) is 18.5. The number of nitrogens with two attached hydrogens (primary N) is 1. The van der Waals surface area contributed by atoms with Gasteiger partial charge in [0.05, 0.1) is 0 Å². The van der Waals surface area contributed by atoms with E-state index in [1.54, 1.807) is 30.6 Å². The van der Waals surface area contributed by atoms with Crippen molar-refractivity contribution in [1.29, 1.82) is 0 Å². The van der Waals surface area contributed by atoms with Gasteiger partial charge in [-0.1, -0.05) is 36.4 Å². The van der Waals surface area contributed by atoms with Crippen LogP contribution < -0.4 is 16.4 Å². The Morgan fingerprint density at radius 1 is 0.714 bits per heavy atom. The minimum atomic E-state index is -0.294. The summed E-state index contributed by atoms with van der Waals surface area (Å²) in [6.07, 6.45) is 3.27. The number of benzene rings is 2. The summed E-state index contributed by atoms with van der Waals surface area (Å²) in [7, 11) is 0. The van der Waals surface area contributed by atoms with Crippen LogP contribution in [0.5, 0.6) is 0 Å². The Hall–Kier alpha value is -4.36. The summed E-state index contributed by atoms with van der Waals surface area (Å²) >= 11 is 0. The van der Waals surface area contributed by atoms with Gasteiger partial charge in [0, 0.05) is 30.3 Å². The van der Waals surface area contributed by atoms with E-state index in [1.807, 2.05) is 63.2 Å². The number of nitrogens with one attached hydrogen (secondary N) is 2. The Labute approximate surface area is 204 Å². The van der Waals surface area contributed by atoms with Crippen molar-refractivity contribution in [2.75, 3.05) is 10.6 Å². The highest BCUT2D eigenvalue weighted by atomic mass is 16.2. The molecule has 4 N–H and O–H groups in total. The van der Waals surface area contributed by atoms with Crippen LogP contribution in [0.2, 0.25) is 0 Å². The van der Waals surface area contributed by atoms with E-state index in [1.165, 1.54) is 0 Å². The minimum Gasteiger partial charge on any atom is -0.326 e. The molecular formula is C28H27N5O2. The number of amides is 2. The van der Waals surface area contributed by atoms with E-state index >= 15 is 0 Å². The van der Waals surface area contributed by atoms with Crippen molar-refractivity contribution in [3.05, 3.63) is 107 Å². The lowest BCUT2D eigenvalue weighted by Crippen LogP contribution is -2.15. The molecule has 0 fully saturated rings. The van der Waals surface area contributed by atoms with Crippen LogP contribution in [0.15, 0.2) is 73.1 Å². The van der Waals surface area contributed by atoms with Crippen LogP contribution in [-0.4, -0.2) is 21.8 Å². The SMILES string of the molecule is Cc1ccc(C(=O)Nc2cccc(-c3cccc(NC(=O)c4ccc(CN)cn4)c3C)c2C)nc1. The summed E-state index contributed by atoms with van der Waals surface area (Å²) in [6.45, 7) is 6.21. The zero-order valence-corrected chi connectivity index (χ0v) is 19.9. The molecule has 0 aliphatic heterocycles. The number of carbonyl (C=O) groups is 2. The molecule has 0 spiro atoms. The highest BCUT2D eigenvalue weighted by molar-refractivity contribution is 6.05. The van der Waals surface area contributed by atoms with Crippen molar-refractivity contribution in [2.45, 2.75) is 27.3 Å². The summed E-state index contributed by atoms with van der Waals surface area (Å²) in [5, 5.41) is 5.92. The summed E-state index contributed by atoms with van der Waals surface area (Å²) < 4.78 is 0. The maximum Gasteiger partial charge on any atom is 0.274 e. The van der Waals surface area contributed by atoms with Gasteiger partial charge in [0.15, 0.2) is 0 Å². The van der Waals surface area contributed by atoms with E-state index in [4.69, 9.17) is 5.73 Å². The van der Waals surface area contributed by atoms with E-state index in [9.17, 15) is 9.59 Å². The third kappa shape index (κ3) is 5.26. The van der Waals surface area contributed by atoms with Crippen molar-refractivity contribution in [2.24, 2.45) is 5.73 Å². The largest absolute Gasteiger partial charge is 0.326 e. The van der Waals surface area contributed by atoms with Crippen LogP contribution in [0.1, 0.15) is 43.2 Å². The molecular weight excluding hydrogens is 438 g/mol. The second-order valence-electron chi connectivity index (χ2n) is 8.34. The van der Waals surface area contributed by atoms with Gasteiger partial charge in [-0.3, -0.25) is 19.6 Å². The topological polar surface area (TPSA) is 110 Å². The Kier molecular flexibility index (Phi) is 6.98. The molecule has 0 saturated carbocycles. The molecule has 2 aromatic carbocycles. The number of rotatable bonds is 6. The van der Waals surface area contributed by atoms with Gasteiger partial charge < -0.3 is 16.4 Å². The smallest absolute Gasteiger partial charge is 0.274 e. The van der Waals surface area contributed by atoms with Gasteiger partial charge in [-0.05, 0) is 78.4 Å². The highest BCUT2D eigenvalue weighted by Gasteiger charge is 2.15. The first kappa shape index (κ1) is 23.8. The fourth-order valence-electron chi connectivity index (χ4n) is 3.78. The zero-order chi connectivity index (χ0) is 24.9. The molecule has 35 heavy (non-hydrogen) atoms. The number of carbonyl (C=O) groups excluding carboxylic acids is 2. The Morgan fingerprint density at radius 3 is 1.66 bits per heavy atom. The van der Waals surface area contributed by atoms with Gasteiger partial charge in [-0.15, -0.1) is 0 Å². The number of aromatic nitrogens is 2. The molecule has 2 amide bonds. The summed E-state index contributed by atoms with van der Waals surface area (Å²) in [5.74, 6) is -0.562.